The maximum Gasteiger partial charge on any atom is 0.223 e. The minimum absolute atomic E-state index is 0.576. The van der Waals surface area contributed by atoms with Crippen molar-refractivity contribution in [3.8, 4) is 0 Å². The van der Waals surface area contributed by atoms with Crippen molar-refractivity contribution in [1.82, 2.24) is 29.8 Å². The van der Waals surface area contributed by atoms with E-state index in [0.29, 0.717) is 31.4 Å². The Balaban J connectivity index is 1.91. The van der Waals surface area contributed by atoms with E-state index in [1.165, 1.54) is 0 Å². The number of rotatable bonds is 7. The lowest BCUT2D eigenvalue weighted by Crippen LogP contribution is -2.21. The Hall–Kier alpha value is -1.80. The molecule has 0 amide bonds. The molecule has 0 saturated carbocycles. The molecule has 2 aromatic heterocycles. The summed E-state index contributed by atoms with van der Waals surface area (Å²) in [6.07, 6.45) is 1.71. The highest BCUT2D eigenvalue weighted by Crippen LogP contribution is 2.04. The molecule has 8 nitrogen and oxygen atoms in total. The zero-order valence-corrected chi connectivity index (χ0v) is 11.4. The lowest BCUT2D eigenvalue weighted by atomic mass is 10.4. The standard InChI is InChI=1S/C11H18N6O2/c1-9-13-10(15-19-9)6-16(2)7-11-14-12-8-17(11)4-5-18-3/h8H,4-7H2,1-3H3. The van der Waals surface area contributed by atoms with Gasteiger partial charge in [-0.1, -0.05) is 5.16 Å². The first-order valence-corrected chi connectivity index (χ1v) is 6.02. The number of ether oxygens (including phenoxy) is 1. The molecule has 19 heavy (non-hydrogen) atoms. The Bertz CT molecular complexity index is 509. The summed E-state index contributed by atoms with van der Waals surface area (Å²) in [7, 11) is 3.65. The van der Waals surface area contributed by atoms with Crippen molar-refractivity contribution >= 4 is 0 Å². The smallest absolute Gasteiger partial charge is 0.223 e. The Labute approximate surface area is 111 Å². The van der Waals surface area contributed by atoms with Crippen LogP contribution >= 0.6 is 0 Å². The van der Waals surface area contributed by atoms with Gasteiger partial charge in [0.2, 0.25) is 5.89 Å². The molecule has 2 heterocycles. The largest absolute Gasteiger partial charge is 0.383 e. The third-order valence-electron chi connectivity index (χ3n) is 2.62. The van der Waals surface area contributed by atoms with Crippen LogP contribution in [0.3, 0.4) is 0 Å². The Morgan fingerprint density at radius 2 is 2.26 bits per heavy atom. The van der Waals surface area contributed by atoms with Crippen molar-refractivity contribution < 1.29 is 9.26 Å². The van der Waals surface area contributed by atoms with Crippen molar-refractivity contribution in [1.29, 1.82) is 0 Å². The molecule has 2 rings (SSSR count). The average Bonchev–Trinajstić information content (AvgIpc) is 2.96. The maximum atomic E-state index is 5.05. The van der Waals surface area contributed by atoms with E-state index < -0.39 is 0 Å². The van der Waals surface area contributed by atoms with Crippen LogP contribution in [0, 0.1) is 6.92 Å². The Morgan fingerprint density at radius 3 is 2.95 bits per heavy atom. The summed E-state index contributed by atoms with van der Waals surface area (Å²) in [5, 5.41) is 11.9. The van der Waals surface area contributed by atoms with Crippen LogP contribution in [0.5, 0.6) is 0 Å². The summed E-state index contributed by atoms with van der Waals surface area (Å²) in [6, 6.07) is 0. The van der Waals surface area contributed by atoms with Gasteiger partial charge in [-0.3, -0.25) is 4.90 Å². The van der Waals surface area contributed by atoms with Gasteiger partial charge in [0.1, 0.15) is 12.2 Å². The molecule has 2 aromatic rings. The van der Waals surface area contributed by atoms with Gasteiger partial charge in [-0.2, -0.15) is 4.98 Å². The number of aromatic nitrogens is 5. The number of hydrogen-bond donors (Lipinski definition) is 0. The molecule has 0 bridgehead atoms. The van der Waals surface area contributed by atoms with Gasteiger partial charge < -0.3 is 13.8 Å². The highest BCUT2D eigenvalue weighted by Gasteiger charge is 2.10. The van der Waals surface area contributed by atoms with Gasteiger partial charge in [0.05, 0.1) is 19.7 Å². The van der Waals surface area contributed by atoms with Crippen molar-refractivity contribution in [2.24, 2.45) is 0 Å². The molecule has 104 valence electrons. The number of hydrogen-bond acceptors (Lipinski definition) is 7. The zero-order chi connectivity index (χ0) is 13.7. The molecular formula is C11H18N6O2. The van der Waals surface area contributed by atoms with E-state index in [2.05, 4.69) is 25.2 Å². The number of nitrogens with zero attached hydrogens (tertiary/aromatic N) is 6. The fraction of sp³-hybridized carbons (Fsp3) is 0.636. The molecular weight excluding hydrogens is 248 g/mol. The molecule has 0 aliphatic carbocycles. The van der Waals surface area contributed by atoms with Crippen LogP contribution in [0.1, 0.15) is 17.5 Å². The van der Waals surface area contributed by atoms with Gasteiger partial charge in [0.25, 0.3) is 0 Å². The molecule has 0 spiro atoms. The first kappa shape index (κ1) is 13.6. The number of aryl methyl sites for hydroxylation is 1. The van der Waals surface area contributed by atoms with Gasteiger partial charge >= 0.3 is 0 Å². The molecule has 0 aromatic carbocycles. The van der Waals surface area contributed by atoms with Gasteiger partial charge in [-0.05, 0) is 7.05 Å². The zero-order valence-electron chi connectivity index (χ0n) is 11.4. The highest BCUT2D eigenvalue weighted by atomic mass is 16.5. The molecule has 0 fully saturated rings. The summed E-state index contributed by atoms with van der Waals surface area (Å²) in [4.78, 5) is 6.22. The molecule has 0 N–H and O–H groups in total. The molecule has 8 heteroatoms. The summed E-state index contributed by atoms with van der Waals surface area (Å²) >= 11 is 0. The van der Waals surface area contributed by atoms with Crippen LogP contribution < -0.4 is 0 Å². The predicted molar refractivity (Wildman–Crippen MR) is 66.1 cm³/mol. The van der Waals surface area contributed by atoms with E-state index in [-0.39, 0.29) is 0 Å². The summed E-state index contributed by atoms with van der Waals surface area (Å²) in [5.74, 6) is 2.13. The van der Waals surface area contributed by atoms with Gasteiger partial charge in [-0.25, -0.2) is 0 Å². The molecule has 0 atom stereocenters. The first-order valence-electron chi connectivity index (χ1n) is 6.02. The van der Waals surface area contributed by atoms with Crippen LogP contribution in [0.15, 0.2) is 10.9 Å². The number of methoxy groups -OCH3 is 1. The third-order valence-corrected chi connectivity index (χ3v) is 2.62. The van der Waals surface area contributed by atoms with E-state index in [1.807, 2.05) is 11.6 Å². The fourth-order valence-electron chi connectivity index (χ4n) is 1.72. The van der Waals surface area contributed by atoms with E-state index in [4.69, 9.17) is 9.26 Å². The van der Waals surface area contributed by atoms with Gasteiger partial charge in [0.15, 0.2) is 5.82 Å². The normalized spacial score (nSPS) is 11.4. The molecule has 0 saturated heterocycles. The monoisotopic (exact) mass is 266 g/mol. The van der Waals surface area contributed by atoms with Crippen molar-refractivity contribution in [3.05, 3.63) is 23.9 Å². The van der Waals surface area contributed by atoms with E-state index in [1.54, 1.807) is 20.4 Å². The van der Waals surface area contributed by atoms with Crippen molar-refractivity contribution in [3.63, 3.8) is 0 Å². The van der Waals surface area contributed by atoms with Crippen LogP contribution in [0.2, 0.25) is 0 Å². The highest BCUT2D eigenvalue weighted by molar-refractivity contribution is 4.88. The van der Waals surface area contributed by atoms with E-state index >= 15 is 0 Å². The van der Waals surface area contributed by atoms with Crippen molar-refractivity contribution in [2.75, 3.05) is 20.8 Å². The van der Waals surface area contributed by atoms with Crippen LogP contribution in [0.25, 0.3) is 0 Å². The molecule has 0 unspecified atom stereocenters. The van der Waals surface area contributed by atoms with Gasteiger partial charge in [0, 0.05) is 20.6 Å². The third kappa shape index (κ3) is 3.83. The summed E-state index contributed by atoms with van der Waals surface area (Å²) in [6.45, 7) is 4.43. The topological polar surface area (TPSA) is 82.1 Å². The van der Waals surface area contributed by atoms with Crippen molar-refractivity contribution in [2.45, 2.75) is 26.6 Å². The first-order chi connectivity index (χ1) is 9.19. The second kappa shape index (κ2) is 6.39. The Kier molecular flexibility index (Phi) is 4.58. The lowest BCUT2D eigenvalue weighted by molar-refractivity contribution is 0.184. The fourth-order valence-corrected chi connectivity index (χ4v) is 1.72. The lowest BCUT2D eigenvalue weighted by Gasteiger charge is -2.14. The second-order valence-electron chi connectivity index (χ2n) is 4.34. The molecule has 0 aliphatic rings. The maximum absolute atomic E-state index is 5.05. The van der Waals surface area contributed by atoms with Crippen LogP contribution in [-0.2, 0) is 24.4 Å². The summed E-state index contributed by atoms with van der Waals surface area (Å²) in [5.41, 5.74) is 0. The quantitative estimate of drug-likeness (QED) is 0.710. The predicted octanol–water partition coefficient (Wildman–Crippen LogP) is 0.248. The van der Waals surface area contributed by atoms with E-state index in [9.17, 15) is 0 Å². The van der Waals surface area contributed by atoms with Crippen LogP contribution in [0.4, 0.5) is 0 Å². The van der Waals surface area contributed by atoms with Crippen LogP contribution in [-0.4, -0.2) is 50.6 Å². The molecule has 0 aliphatic heterocycles. The SMILES string of the molecule is COCCn1cnnc1CN(C)Cc1noc(C)n1. The average molecular weight is 266 g/mol. The minimum Gasteiger partial charge on any atom is -0.383 e. The molecule has 0 radical (unpaired) electrons. The minimum atomic E-state index is 0.576. The Morgan fingerprint density at radius 1 is 1.42 bits per heavy atom. The summed E-state index contributed by atoms with van der Waals surface area (Å²) < 4.78 is 12.0. The van der Waals surface area contributed by atoms with Gasteiger partial charge in [-0.15, -0.1) is 10.2 Å². The second-order valence-corrected chi connectivity index (χ2v) is 4.34. The van der Waals surface area contributed by atoms with E-state index in [0.717, 1.165) is 12.4 Å².